The Hall–Kier alpha value is -2.10. The first-order chi connectivity index (χ1) is 7.33. The van der Waals surface area contributed by atoms with E-state index in [9.17, 15) is 4.79 Å². The van der Waals surface area contributed by atoms with Gasteiger partial charge in [-0.05, 0) is 24.3 Å². The van der Waals surface area contributed by atoms with E-state index in [2.05, 4.69) is 5.10 Å². The minimum atomic E-state index is 0.561. The Bertz CT molecular complexity index is 460. The van der Waals surface area contributed by atoms with Crippen LogP contribution < -0.4 is 4.74 Å². The van der Waals surface area contributed by atoms with Gasteiger partial charge in [0.05, 0.1) is 24.6 Å². The van der Waals surface area contributed by atoms with Gasteiger partial charge in [0.25, 0.3) is 0 Å². The van der Waals surface area contributed by atoms with Crippen LogP contribution in [0.2, 0.25) is 0 Å². The number of hydrogen-bond donors (Lipinski definition) is 0. The number of aldehydes is 1. The second-order valence-electron chi connectivity index (χ2n) is 3.03. The van der Waals surface area contributed by atoms with Crippen molar-refractivity contribution in [2.75, 3.05) is 7.11 Å². The zero-order chi connectivity index (χ0) is 10.7. The molecule has 4 nitrogen and oxygen atoms in total. The Morgan fingerprint density at radius 2 is 2.07 bits per heavy atom. The molecule has 2 rings (SSSR count). The number of ether oxygens (including phenoxy) is 1. The van der Waals surface area contributed by atoms with Crippen molar-refractivity contribution in [2.24, 2.45) is 0 Å². The molecule has 0 radical (unpaired) electrons. The third-order valence-electron chi connectivity index (χ3n) is 2.08. The van der Waals surface area contributed by atoms with Crippen molar-refractivity contribution in [3.8, 4) is 11.4 Å². The van der Waals surface area contributed by atoms with Crippen LogP contribution in [0.15, 0.2) is 36.7 Å². The van der Waals surface area contributed by atoms with Gasteiger partial charge in [0.2, 0.25) is 0 Å². The SMILES string of the molecule is COc1ccc(-n2cc(C=O)cn2)cc1. The van der Waals surface area contributed by atoms with Crippen LogP contribution in [0.4, 0.5) is 0 Å². The van der Waals surface area contributed by atoms with E-state index in [1.54, 1.807) is 18.0 Å². The van der Waals surface area contributed by atoms with Crippen molar-refractivity contribution in [2.45, 2.75) is 0 Å². The molecule has 0 saturated heterocycles. The molecule has 0 atom stereocenters. The summed E-state index contributed by atoms with van der Waals surface area (Å²) in [6.45, 7) is 0. The quantitative estimate of drug-likeness (QED) is 0.711. The Balaban J connectivity index is 2.32. The van der Waals surface area contributed by atoms with E-state index in [-0.39, 0.29) is 0 Å². The van der Waals surface area contributed by atoms with Gasteiger partial charge in [0.15, 0.2) is 6.29 Å². The van der Waals surface area contributed by atoms with Gasteiger partial charge in [-0.3, -0.25) is 4.79 Å². The summed E-state index contributed by atoms with van der Waals surface area (Å²) in [5, 5.41) is 4.06. The zero-order valence-corrected chi connectivity index (χ0v) is 8.25. The summed E-state index contributed by atoms with van der Waals surface area (Å²) in [5.41, 5.74) is 1.45. The van der Waals surface area contributed by atoms with E-state index in [1.165, 1.54) is 6.20 Å². The first-order valence-electron chi connectivity index (χ1n) is 4.48. The Kier molecular flexibility index (Phi) is 2.49. The second-order valence-corrected chi connectivity index (χ2v) is 3.03. The van der Waals surface area contributed by atoms with Gasteiger partial charge in [0.1, 0.15) is 5.75 Å². The van der Waals surface area contributed by atoms with E-state index in [1.807, 2.05) is 24.3 Å². The minimum absolute atomic E-state index is 0.561. The first-order valence-corrected chi connectivity index (χ1v) is 4.48. The number of methoxy groups -OCH3 is 1. The molecule has 0 aliphatic rings. The highest BCUT2D eigenvalue weighted by Gasteiger charge is 1.99. The Morgan fingerprint density at radius 3 is 2.60 bits per heavy atom. The van der Waals surface area contributed by atoms with Gasteiger partial charge in [-0.25, -0.2) is 4.68 Å². The van der Waals surface area contributed by atoms with E-state index in [4.69, 9.17) is 4.74 Å². The van der Waals surface area contributed by atoms with Gasteiger partial charge in [-0.15, -0.1) is 0 Å². The number of hydrogen-bond acceptors (Lipinski definition) is 3. The fraction of sp³-hybridized carbons (Fsp3) is 0.0909. The normalized spacial score (nSPS) is 9.93. The monoisotopic (exact) mass is 202 g/mol. The van der Waals surface area contributed by atoms with Crippen molar-refractivity contribution in [3.63, 3.8) is 0 Å². The number of aromatic nitrogens is 2. The van der Waals surface area contributed by atoms with E-state index in [0.717, 1.165) is 17.7 Å². The molecule has 1 heterocycles. The van der Waals surface area contributed by atoms with E-state index in [0.29, 0.717) is 5.56 Å². The van der Waals surface area contributed by atoms with E-state index < -0.39 is 0 Å². The maximum atomic E-state index is 10.5. The van der Waals surface area contributed by atoms with Crippen LogP contribution in [-0.4, -0.2) is 23.2 Å². The average molecular weight is 202 g/mol. The highest BCUT2D eigenvalue weighted by Crippen LogP contribution is 2.14. The summed E-state index contributed by atoms with van der Waals surface area (Å²) in [4.78, 5) is 10.5. The van der Waals surface area contributed by atoms with Gasteiger partial charge >= 0.3 is 0 Å². The van der Waals surface area contributed by atoms with Crippen molar-refractivity contribution in [1.29, 1.82) is 0 Å². The molecule has 1 aromatic heterocycles. The molecule has 0 aliphatic heterocycles. The lowest BCUT2D eigenvalue weighted by molar-refractivity contribution is 0.112. The molecular formula is C11H10N2O2. The van der Waals surface area contributed by atoms with Gasteiger partial charge in [-0.1, -0.05) is 0 Å². The molecule has 0 amide bonds. The van der Waals surface area contributed by atoms with Gasteiger partial charge < -0.3 is 4.74 Å². The molecule has 0 N–H and O–H groups in total. The van der Waals surface area contributed by atoms with Crippen molar-refractivity contribution >= 4 is 6.29 Å². The van der Waals surface area contributed by atoms with Gasteiger partial charge in [0, 0.05) is 6.20 Å². The summed E-state index contributed by atoms with van der Waals surface area (Å²) in [6.07, 6.45) is 3.97. The topological polar surface area (TPSA) is 44.1 Å². The van der Waals surface area contributed by atoms with Crippen LogP contribution in [-0.2, 0) is 0 Å². The molecule has 0 unspecified atom stereocenters. The average Bonchev–Trinajstić information content (AvgIpc) is 2.78. The summed E-state index contributed by atoms with van der Waals surface area (Å²) >= 11 is 0. The van der Waals surface area contributed by atoms with Crippen LogP contribution in [0.25, 0.3) is 5.69 Å². The molecule has 15 heavy (non-hydrogen) atoms. The summed E-state index contributed by atoms with van der Waals surface area (Å²) in [7, 11) is 1.62. The fourth-order valence-corrected chi connectivity index (χ4v) is 1.27. The molecule has 4 heteroatoms. The molecule has 0 bridgehead atoms. The molecule has 2 aromatic rings. The van der Waals surface area contributed by atoms with Gasteiger partial charge in [-0.2, -0.15) is 5.10 Å². The van der Waals surface area contributed by atoms with Crippen LogP contribution in [0.1, 0.15) is 10.4 Å². The lowest BCUT2D eigenvalue weighted by Crippen LogP contribution is -1.93. The van der Waals surface area contributed by atoms with Crippen LogP contribution in [0.3, 0.4) is 0 Å². The zero-order valence-electron chi connectivity index (χ0n) is 8.25. The Labute approximate surface area is 87.1 Å². The fourth-order valence-electron chi connectivity index (χ4n) is 1.27. The molecule has 0 spiro atoms. The largest absolute Gasteiger partial charge is 0.497 e. The molecule has 76 valence electrons. The molecule has 0 saturated carbocycles. The Morgan fingerprint density at radius 1 is 1.33 bits per heavy atom. The van der Waals surface area contributed by atoms with Crippen LogP contribution in [0.5, 0.6) is 5.75 Å². The van der Waals surface area contributed by atoms with E-state index >= 15 is 0 Å². The number of nitrogens with zero attached hydrogens (tertiary/aromatic N) is 2. The summed E-state index contributed by atoms with van der Waals surface area (Å²) in [5.74, 6) is 0.793. The number of rotatable bonds is 3. The molecule has 0 fully saturated rings. The standard InChI is InChI=1S/C11H10N2O2/c1-15-11-4-2-10(3-5-11)13-7-9(8-14)6-12-13/h2-8H,1H3. The molecule has 0 aliphatic carbocycles. The first kappa shape index (κ1) is 9.45. The maximum Gasteiger partial charge on any atom is 0.153 e. The highest BCUT2D eigenvalue weighted by atomic mass is 16.5. The highest BCUT2D eigenvalue weighted by molar-refractivity contribution is 5.73. The predicted octanol–water partition coefficient (Wildman–Crippen LogP) is 1.69. The molecule has 1 aromatic carbocycles. The lowest BCUT2D eigenvalue weighted by atomic mass is 10.3. The predicted molar refractivity (Wildman–Crippen MR) is 55.5 cm³/mol. The lowest BCUT2D eigenvalue weighted by Gasteiger charge is -2.02. The van der Waals surface area contributed by atoms with Crippen molar-refractivity contribution in [3.05, 3.63) is 42.2 Å². The van der Waals surface area contributed by atoms with Crippen LogP contribution in [0, 0.1) is 0 Å². The summed E-state index contributed by atoms with van der Waals surface area (Å²) in [6, 6.07) is 7.44. The smallest absolute Gasteiger partial charge is 0.153 e. The third-order valence-corrected chi connectivity index (χ3v) is 2.08. The number of carbonyl (C=O) groups is 1. The van der Waals surface area contributed by atoms with Crippen molar-refractivity contribution in [1.82, 2.24) is 9.78 Å². The van der Waals surface area contributed by atoms with Crippen molar-refractivity contribution < 1.29 is 9.53 Å². The maximum absolute atomic E-state index is 10.5. The second kappa shape index (κ2) is 3.96. The number of carbonyl (C=O) groups excluding carboxylic acids is 1. The third kappa shape index (κ3) is 1.88. The molecular weight excluding hydrogens is 192 g/mol. The van der Waals surface area contributed by atoms with Crippen LogP contribution >= 0.6 is 0 Å². The minimum Gasteiger partial charge on any atom is -0.497 e. The number of benzene rings is 1. The summed E-state index contributed by atoms with van der Waals surface area (Å²) < 4.78 is 6.69.